The van der Waals surface area contributed by atoms with E-state index in [0.717, 1.165) is 39.0 Å². The van der Waals surface area contributed by atoms with Crippen molar-refractivity contribution in [2.24, 2.45) is 0 Å². The molecular formula is C23H29FN4S2. The number of anilines is 2. The number of thiophene rings is 1. The van der Waals surface area contributed by atoms with Crippen LogP contribution in [0.25, 0.3) is 20.4 Å². The summed E-state index contributed by atoms with van der Waals surface area (Å²) in [5.74, 6) is 0.162. The van der Waals surface area contributed by atoms with Gasteiger partial charge in [-0.05, 0) is 44.7 Å². The van der Waals surface area contributed by atoms with Gasteiger partial charge in [0.05, 0.1) is 27.1 Å². The number of benzene rings is 1. The van der Waals surface area contributed by atoms with E-state index in [4.69, 9.17) is 0 Å². The van der Waals surface area contributed by atoms with E-state index in [2.05, 4.69) is 40.5 Å². The van der Waals surface area contributed by atoms with E-state index in [1.165, 1.54) is 16.2 Å². The first-order valence-corrected chi connectivity index (χ1v) is 12.2. The fraction of sp³-hybridized carbons (Fsp3) is 0.391. The van der Waals surface area contributed by atoms with Gasteiger partial charge in [0.15, 0.2) is 0 Å². The van der Waals surface area contributed by atoms with Crippen LogP contribution in [0.5, 0.6) is 0 Å². The summed E-state index contributed by atoms with van der Waals surface area (Å²) in [6.45, 7) is 8.43. The quantitative estimate of drug-likeness (QED) is 0.314. The normalized spacial score (nSPS) is 13.1. The van der Waals surface area contributed by atoms with Crippen molar-refractivity contribution in [2.75, 3.05) is 12.4 Å². The van der Waals surface area contributed by atoms with E-state index < -0.39 is 0 Å². The molecule has 2 N–H and O–H groups in total. The Bertz CT molecular complexity index is 1110. The number of thiazole rings is 1. The van der Waals surface area contributed by atoms with Gasteiger partial charge in [0.25, 0.3) is 0 Å². The number of nitrogens with zero attached hydrogens (tertiary/aromatic N) is 2. The molecule has 30 heavy (non-hydrogen) atoms. The van der Waals surface area contributed by atoms with Gasteiger partial charge in [-0.1, -0.05) is 27.2 Å². The number of pyridine rings is 1. The Morgan fingerprint density at radius 1 is 1.13 bits per heavy atom. The lowest BCUT2D eigenvalue weighted by Crippen LogP contribution is -2.28. The van der Waals surface area contributed by atoms with Crippen molar-refractivity contribution in [3.63, 3.8) is 0 Å². The largest absolute Gasteiger partial charge is 0.352 e. The molecule has 7 heteroatoms. The lowest BCUT2D eigenvalue weighted by Gasteiger charge is -2.21. The zero-order chi connectivity index (χ0) is 21.7. The van der Waals surface area contributed by atoms with Crippen LogP contribution >= 0.6 is 22.7 Å². The van der Waals surface area contributed by atoms with Gasteiger partial charge in [0, 0.05) is 28.4 Å². The van der Waals surface area contributed by atoms with Gasteiger partial charge >= 0.3 is 0 Å². The standard InChI is InChI=1S/C21H23FN4S2.C2H6/c1-4-5-13(12(2)23-3)19-8-14-16(6-7-24-21(14)28-19)26-17-10-18-20(9-15(17)22)27-11-25-18;1-2/h6-13,23H,4-5H2,1-3H3,(H,24,26);1-2H3. The van der Waals surface area contributed by atoms with E-state index in [9.17, 15) is 4.39 Å². The van der Waals surface area contributed by atoms with Gasteiger partial charge in [-0.25, -0.2) is 14.4 Å². The van der Waals surface area contributed by atoms with Crippen LogP contribution in [0.2, 0.25) is 0 Å². The molecule has 2 atom stereocenters. The van der Waals surface area contributed by atoms with Crippen LogP contribution < -0.4 is 10.6 Å². The summed E-state index contributed by atoms with van der Waals surface area (Å²) in [4.78, 5) is 11.1. The van der Waals surface area contributed by atoms with E-state index in [1.54, 1.807) is 35.2 Å². The molecule has 0 aliphatic heterocycles. The van der Waals surface area contributed by atoms with Crippen LogP contribution in [0, 0.1) is 5.82 Å². The van der Waals surface area contributed by atoms with Crippen molar-refractivity contribution < 1.29 is 4.39 Å². The molecule has 0 amide bonds. The lowest BCUT2D eigenvalue weighted by atomic mass is 9.94. The molecule has 3 aromatic heterocycles. The predicted octanol–water partition coefficient (Wildman–Crippen LogP) is 7.31. The highest BCUT2D eigenvalue weighted by Gasteiger charge is 2.21. The SMILES string of the molecule is CC.CCCC(c1cc2c(Nc3cc4ncsc4cc3F)ccnc2s1)C(C)NC. The molecule has 0 saturated carbocycles. The minimum absolute atomic E-state index is 0.273. The number of likely N-dealkylation sites (N-methyl/N-ethyl adjacent to an activating group) is 1. The fourth-order valence-corrected chi connectivity index (χ4v) is 5.47. The molecular weight excluding hydrogens is 415 g/mol. The highest BCUT2D eigenvalue weighted by Crippen LogP contribution is 2.38. The number of fused-ring (bicyclic) bond motifs is 2. The number of nitrogens with one attached hydrogen (secondary N) is 2. The summed E-state index contributed by atoms with van der Waals surface area (Å²) < 4.78 is 15.4. The van der Waals surface area contributed by atoms with Gasteiger partial charge in [0.1, 0.15) is 10.6 Å². The lowest BCUT2D eigenvalue weighted by molar-refractivity contribution is 0.470. The summed E-state index contributed by atoms with van der Waals surface area (Å²) in [6.07, 6.45) is 4.02. The first kappa shape index (κ1) is 22.6. The van der Waals surface area contributed by atoms with Gasteiger partial charge in [-0.15, -0.1) is 22.7 Å². The zero-order valence-corrected chi connectivity index (χ0v) is 19.8. The third kappa shape index (κ3) is 4.63. The molecule has 4 nitrogen and oxygen atoms in total. The maximum Gasteiger partial charge on any atom is 0.148 e. The average molecular weight is 445 g/mol. The first-order chi connectivity index (χ1) is 14.6. The molecule has 2 unspecified atom stereocenters. The van der Waals surface area contributed by atoms with Gasteiger partial charge in [0.2, 0.25) is 0 Å². The molecule has 1 aromatic carbocycles. The number of hydrogen-bond acceptors (Lipinski definition) is 6. The summed E-state index contributed by atoms with van der Waals surface area (Å²) in [5.41, 5.74) is 3.84. The highest BCUT2D eigenvalue weighted by atomic mass is 32.1. The van der Waals surface area contributed by atoms with Gasteiger partial charge in [-0.3, -0.25) is 0 Å². The van der Waals surface area contributed by atoms with E-state index >= 15 is 0 Å². The number of aromatic nitrogens is 2. The molecule has 0 fully saturated rings. The average Bonchev–Trinajstić information content (AvgIpc) is 3.40. The topological polar surface area (TPSA) is 49.8 Å². The molecule has 0 aliphatic rings. The maximum atomic E-state index is 14.6. The number of rotatable bonds is 7. The minimum Gasteiger partial charge on any atom is -0.352 e. The summed E-state index contributed by atoms with van der Waals surface area (Å²) in [7, 11) is 2.00. The van der Waals surface area contributed by atoms with E-state index in [-0.39, 0.29) is 5.82 Å². The monoisotopic (exact) mass is 444 g/mol. The number of hydrogen-bond donors (Lipinski definition) is 2. The third-order valence-electron chi connectivity index (χ3n) is 5.17. The maximum absolute atomic E-state index is 14.6. The van der Waals surface area contributed by atoms with Crippen molar-refractivity contribution in [1.29, 1.82) is 0 Å². The van der Waals surface area contributed by atoms with Crippen molar-refractivity contribution in [2.45, 2.75) is 52.5 Å². The second kappa shape index (κ2) is 10.3. The first-order valence-electron chi connectivity index (χ1n) is 10.5. The Labute approximate surface area is 185 Å². The summed E-state index contributed by atoms with van der Waals surface area (Å²) in [6, 6.07) is 7.80. The molecule has 0 radical (unpaired) electrons. The predicted molar refractivity (Wildman–Crippen MR) is 130 cm³/mol. The minimum atomic E-state index is -0.273. The summed E-state index contributed by atoms with van der Waals surface area (Å²) >= 11 is 3.17. The van der Waals surface area contributed by atoms with Crippen LogP contribution in [-0.4, -0.2) is 23.1 Å². The molecule has 4 rings (SSSR count). The van der Waals surface area contributed by atoms with Crippen LogP contribution in [-0.2, 0) is 0 Å². The molecule has 4 aromatic rings. The van der Waals surface area contributed by atoms with Crippen LogP contribution in [0.4, 0.5) is 15.8 Å². The Balaban J connectivity index is 0.00000124. The van der Waals surface area contributed by atoms with Crippen LogP contribution in [0.3, 0.4) is 0 Å². The van der Waals surface area contributed by atoms with E-state index in [1.807, 2.05) is 27.0 Å². The zero-order valence-electron chi connectivity index (χ0n) is 18.1. The van der Waals surface area contributed by atoms with Gasteiger partial charge in [-0.2, -0.15) is 0 Å². The Morgan fingerprint density at radius 3 is 2.67 bits per heavy atom. The third-order valence-corrected chi connectivity index (χ3v) is 7.13. The Morgan fingerprint density at radius 2 is 1.93 bits per heavy atom. The highest BCUT2D eigenvalue weighted by molar-refractivity contribution is 7.18. The number of halogens is 1. The van der Waals surface area contributed by atoms with Crippen molar-refractivity contribution >= 4 is 54.5 Å². The summed E-state index contributed by atoms with van der Waals surface area (Å²) in [5, 5.41) is 7.68. The molecule has 160 valence electrons. The van der Waals surface area contributed by atoms with Crippen molar-refractivity contribution in [3.05, 3.63) is 46.7 Å². The van der Waals surface area contributed by atoms with Crippen LogP contribution in [0.1, 0.15) is 51.3 Å². The van der Waals surface area contributed by atoms with Crippen molar-refractivity contribution in [1.82, 2.24) is 15.3 Å². The second-order valence-electron chi connectivity index (χ2n) is 6.98. The second-order valence-corrected chi connectivity index (χ2v) is 8.92. The molecule has 3 heterocycles. The van der Waals surface area contributed by atoms with E-state index in [0.29, 0.717) is 17.6 Å². The fourth-order valence-electron chi connectivity index (χ4n) is 3.52. The Kier molecular flexibility index (Phi) is 7.75. The smallest absolute Gasteiger partial charge is 0.148 e. The molecule has 0 bridgehead atoms. The molecule has 0 saturated heterocycles. The molecule has 0 aliphatic carbocycles. The van der Waals surface area contributed by atoms with Crippen molar-refractivity contribution in [3.8, 4) is 0 Å². The molecule has 0 spiro atoms. The van der Waals surface area contributed by atoms with Crippen LogP contribution in [0.15, 0.2) is 36.0 Å². The Hall–Kier alpha value is -2.09. The van der Waals surface area contributed by atoms with Gasteiger partial charge < -0.3 is 10.6 Å².